The maximum absolute atomic E-state index is 13.6. The van der Waals surface area contributed by atoms with Crippen LogP contribution in [0.1, 0.15) is 9.88 Å². The quantitative estimate of drug-likeness (QED) is 0.916. The summed E-state index contributed by atoms with van der Waals surface area (Å²) in [6, 6.07) is 1.79. The third-order valence-electron chi connectivity index (χ3n) is 2.13. The smallest absolute Gasteiger partial charge is 0.350 e. The van der Waals surface area contributed by atoms with Gasteiger partial charge in [-0.2, -0.15) is 8.78 Å². The molecule has 0 aliphatic heterocycles. The molecule has 1 amide bonds. The molecule has 2 rings (SSSR count). The zero-order valence-electron chi connectivity index (χ0n) is 9.10. The van der Waals surface area contributed by atoms with Gasteiger partial charge in [0.05, 0.1) is 0 Å². The van der Waals surface area contributed by atoms with Crippen LogP contribution in [0.4, 0.5) is 8.78 Å². The summed E-state index contributed by atoms with van der Waals surface area (Å²) >= 11 is 2.04. The Morgan fingerprint density at radius 2 is 2.28 bits per heavy atom. The first-order chi connectivity index (χ1) is 8.60. The van der Waals surface area contributed by atoms with Crippen LogP contribution in [0.2, 0.25) is 0 Å². The Kier molecular flexibility index (Phi) is 3.97. The second-order valence-corrected chi connectivity index (χ2v) is 5.21. The summed E-state index contributed by atoms with van der Waals surface area (Å²) in [5.74, 6) is -4.89. The lowest BCUT2D eigenvalue weighted by atomic mass is 10.3. The number of halogens is 2. The summed E-state index contributed by atoms with van der Waals surface area (Å²) in [4.78, 5) is 15.8. The predicted octanol–water partition coefficient (Wildman–Crippen LogP) is 2.05. The van der Waals surface area contributed by atoms with Gasteiger partial charge in [0, 0.05) is 35.6 Å². The summed E-state index contributed by atoms with van der Waals surface area (Å²) < 4.78 is 31.0. The molecule has 96 valence electrons. The third-order valence-corrected chi connectivity index (χ3v) is 3.78. The molecular formula is C10H9F2N3OS2. The van der Waals surface area contributed by atoms with Crippen molar-refractivity contribution < 1.29 is 13.6 Å². The Hall–Kier alpha value is -1.41. The van der Waals surface area contributed by atoms with Crippen LogP contribution in [-0.4, -0.2) is 21.8 Å². The first-order valence-electron chi connectivity index (χ1n) is 5.06. The Bertz CT molecular complexity index is 499. The van der Waals surface area contributed by atoms with Crippen LogP contribution in [0.25, 0.3) is 0 Å². The topological polar surface area (TPSA) is 54.9 Å². The molecule has 2 heterocycles. The van der Waals surface area contributed by atoms with Crippen LogP contribution in [0.5, 0.6) is 0 Å². The number of nitrogens with one attached hydrogen (secondary N) is 1. The van der Waals surface area contributed by atoms with Gasteiger partial charge in [0.25, 0.3) is 5.91 Å². The van der Waals surface area contributed by atoms with Gasteiger partial charge in [0.1, 0.15) is 0 Å². The average molecular weight is 289 g/mol. The molecule has 8 heteroatoms. The number of hydrogen-bond acceptors (Lipinski definition) is 5. The van der Waals surface area contributed by atoms with Crippen molar-refractivity contribution in [3.05, 3.63) is 33.7 Å². The van der Waals surface area contributed by atoms with Crippen molar-refractivity contribution in [2.45, 2.75) is 12.3 Å². The van der Waals surface area contributed by atoms with E-state index in [1.165, 1.54) is 23.1 Å². The zero-order chi connectivity index (χ0) is 13.0. The first-order valence-corrected chi connectivity index (χ1v) is 6.71. The molecule has 0 aliphatic carbocycles. The van der Waals surface area contributed by atoms with E-state index in [4.69, 9.17) is 0 Å². The summed E-state index contributed by atoms with van der Waals surface area (Å²) in [5.41, 5.74) is 0. The van der Waals surface area contributed by atoms with E-state index in [1.54, 1.807) is 12.3 Å². The van der Waals surface area contributed by atoms with Crippen molar-refractivity contribution in [1.29, 1.82) is 0 Å². The van der Waals surface area contributed by atoms with Crippen molar-refractivity contribution in [3.8, 4) is 0 Å². The number of amides is 1. The van der Waals surface area contributed by atoms with Gasteiger partial charge >= 0.3 is 5.92 Å². The van der Waals surface area contributed by atoms with E-state index in [2.05, 4.69) is 14.7 Å². The molecule has 0 bridgehead atoms. The molecule has 1 N–H and O–H groups in total. The van der Waals surface area contributed by atoms with Crippen LogP contribution in [0.3, 0.4) is 0 Å². The van der Waals surface area contributed by atoms with Crippen molar-refractivity contribution in [1.82, 2.24) is 14.7 Å². The second kappa shape index (κ2) is 5.49. The van der Waals surface area contributed by atoms with E-state index in [0.717, 1.165) is 16.2 Å². The lowest BCUT2D eigenvalue weighted by Gasteiger charge is -2.12. The molecule has 0 fully saturated rings. The van der Waals surface area contributed by atoms with Gasteiger partial charge in [-0.1, -0.05) is 0 Å². The summed E-state index contributed by atoms with van der Waals surface area (Å²) in [5, 5.41) is 3.13. The highest BCUT2D eigenvalue weighted by Gasteiger charge is 2.43. The normalized spacial score (nSPS) is 11.4. The van der Waals surface area contributed by atoms with Crippen LogP contribution in [-0.2, 0) is 17.1 Å². The third kappa shape index (κ3) is 2.88. The lowest BCUT2D eigenvalue weighted by Crippen LogP contribution is -2.38. The molecule has 0 atom stereocenters. The Morgan fingerprint density at radius 1 is 1.44 bits per heavy atom. The van der Waals surface area contributed by atoms with Crippen LogP contribution in [0, 0.1) is 0 Å². The van der Waals surface area contributed by atoms with E-state index >= 15 is 0 Å². The highest BCUT2D eigenvalue weighted by atomic mass is 32.1. The van der Waals surface area contributed by atoms with Crippen LogP contribution < -0.4 is 5.32 Å². The van der Waals surface area contributed by atoms with Gasteiger partial charge in [0.2, 0.25) is 0 Å². The highest BCUT2D eigenvalue weighted by molar-refractivity contribution is 7.09. The van der Waals surface area contributed by atoms with Crippen LogP contribution >= 0.6 is 22.9 Å². The fourth-order valence-corrected chi connectivity index (χ4v) is 2.44. The number of nitrogens with zero attached hydrogens (tertiary/aromatic N) is 2. The number of aromatic nitrogens is 2. The van der Waals surface area contributed by atoms with Gasteiger partial charge < -0.3 is 5.32 Å². The Balaban J connectivity index is 1.88. The van der Waals surface area contributed by atoms with E-state index < -0.39 is 16.8 Å². The average Bonchev–Trinajstić information content (AvgIpc) is 3.02. The molecular weight excluding hydrogens is 280 g/mol. The number of carbonyl (C=O) groups is 1. The van der Waals surface area contributed by atoms with Gasteiger partial charge in [0.15, 0.2) is 5.01 Å². The molecule has 0 aromatic carbocycles. The molecule has 18 heavy (non-hydrogen) atoms. The van der Waals surface area contributed by atoms with Gasteiger partial charge in [-0.25, -0.2) is 9.36 Å². The number of hydrogen-bond donors (Lipinski definition) is 1. The molecule has 0 saturated heterocycles. The summed E-state index contributed by atoms with van der Waals surface area (Å²) in [6.07, 6.45) is 3.37. The minimum Gasteiger partial charge on any atom is -0.350 e. The fourth-order valence-electron chi connectivity index (χ4n) is 1.26. The Morgan fingerprint density at radius 3 is 2.89 bits per heavy atom. The van der Waals surface area contributed by atoms with E-state index in [0.29, 0.717) is 6.42 Å². The minimum absolute atomic E-state index is 0.155. The lowest BCUT2D eigenvalue weighted by molar-refractivity contribution is -0.146. The van der Waals surface area contributed by atoms with Crippen LogP contribution in [0.15, 0.2) is 23.8 Å². The van der Waals surface area contributed by atoms with E-state index in [9.17, 15) is 13.6 Å². The predicted molar refractivity (Wildman–Crippen MR) is 64.8 cm³/mol. The monoisotopic (exact) mass is 289 g/mol. The molecule has 2 aromatic heterocycles. The Labute approximate surface area is 110 Å². The molecule has 0 unspecified atom stereocenters. The number of rotatable bonds is 5. The molecule has 4 nitrogen and oxygen atoms in total. The summed E-state index contributed by atoms with van der Waals surface area (Å²) in [7, 11) is 0. The van der Waals surface area contributed by atoms with Crippen molar-refractivity contribution in [3.63, 3.8) is 0 Å². The van der Waals surface area contributed by atoms with Crippen molar-refractivity contribution in [2.75, 3.05) is 6.54 Å². The van der Waals surface area contributed by atoms with E-state index in [-0.39, 0.29) is 6.54 Å². The van der Waals surface area contributed by atoms with E-state index in [1.807, 2.05) is 0 Å². The maximum atomic E-state index is 13.6. The van der Waals surface area contributed by atoms with Gasteiger partial charge in [-0.05, 0) is 17.6 Å². The number of carbonyl (C=O) groups excluding carboxylic acids is 1. The van der Waals surface area contributed by atoms with Gasteiger partial charge in [-0.15, -0.1) is 11.3 Å². The molecule has 0 radical (unpaired) electrons. The summed E-state index contributed by atoms with van der Waals surface area (Å²) in [6.45, 7) is 0.155. The number of alkyl halides is 2. The SMILES string of the molecule is O=C(NCCc1ccns1)C(F)(F)c1nccs1. The fraction of sp³-hybridized carbons (Fsp3) is 0.300. The maximum Gasteiger partial charge on any atom is 0.375 e. The zero-order valence-corrected chi connectivity index (χ0v) is 10.7. The molecule has 0 aliphatic rings. The standard InChI is InChI=1S/C10H9F2N3OS2/c11-10(12,9-14-5-6-17-9)8(16)13-3-1-7-2-4-15-18-7/h2,4-6H,1,3H2,(H,13,16). The number of thiazole rings is 1. The second-order valence-electron chi connectivity index (χ2n) is 3.40. The highest BCUT2D eigenvalue weighted by Crippen LogP contribution is 2.29. The minimum atomic E-state index is -3.57. The van der Waals surface area contributed by atoms with Crippen molar-refractivity contribution >= 4 is 28.8 Å². The van der Waals surface area contributed by atoms with Crippen molar-refractivity contribution in [2.24, 2.45) is 0 Å². The molecule has 0 spiro atoms. The van der Waals surface area contributed by atoms with Gasteiger partial charge in [-0.3, -0.25) is 4.79 Å². The largest absolute Gasteiger partial charge is 0.375 e. The first kappa shape index (κ1) is 13.0. The molecule has 2 aromatic rings. The molecule has 0 saturated carbocycles.